The molecular formula is C25H26FN3O5S. The van der Waals surface area contributed by atoms with Crippen molar-refractivity contribution >= 4 is 39.1 Å². The normalized spacial score (nSPS) is 11.5. The van der Waals surface area contributed by atoms with Crippen molar-refractivity contribution in [1.82, 2.24) is 0 Å². The molecule has 0 aliphatic rings. The summed E-state index contributed by atoms with van der Waals surface area (Å²) in [6.07, 6.45) is -0.837. The zero-order chi connectivity index (χ0) is 25.8. The van der Waals surface area contributed by atoms with E-state index in [-0.39, 0.29) is 21.8 Å². The van der Waals surface area contributed by atoms with Crippen molar-refractivity contribution in [1.29, 1.82) is 0 Å². The molecule has 0 bridgehead atoms. The molecule has 0 radical (unpaired) electrons. The maximum absolute atomic E-state index is 14.1. The van der Waals surface area contributed by atoms with E-state index in [0.29, 0.717) is 5.69 Å². The highest BCUT2D eigenvalue weighted by Crippen LogP contribution is 2.22. The van der Waals surface area contributed by atoms with E-state index < -0.39 is 33.4 Å². The van der Waals surface area contributed by atoms with Crippen molar-refractivity contribution in [2.45, 2.75) is 38.2 Å². The molecule has 0 aliphatic carbocycles. The monoisotopic (exact) mass is 499 g/mol. The minimum Gasteiger partial charge on any atom is -0.444 e. The Labute approximate surface area is 203 Å². The molecule has 10 heteroatoms. The van der Waals surface area contributed by atoms with Crippen LogP contribution in [0.15, 0.2) is 71.6 Å². The lowest BCUT2D eigenvalue weighted by Crippen LogP contribution is -2.27. The van der Waals surface area contributed by atoms with Crippen LogP contribution in [0.3, 0.4) is 0 Å². The third-order valence-corrected chi connectivity index (χ3v) is 5.99. The fraction of sp³-hybridized carbons (Fsp3) is 0.200. The second kappa shape index (κ2) is 10.1. The number of hydrogen-bond acceptors (Lipinski definition) is 5. The molecule has 8 nitrogen and oxygen atoms in total. The molecule has 0 heterocycles. The van der Waals surface area contributed by atoms with Crippen molar-refractivity contribution in [3.8, 4) is 0 Å². The summed E-state index contributed by atoms with van der Waals surface area (Å²) in [5, 5.41) is 4.89. The highest BCUT2D eigenvalue weighted by Gasteiger charge is 2.19. The molecule has 0 atom stereocenters. The van der Waals surface area contributed by atoms with Gasteiger partial charge in [-0.1, -0.05) is 17.7 Å². The fourth-order valence-corrected chi connectivity index (χ4v) is 4.00. The lowest BCUT2D eigenvalue weighted by molar-refractivity contribution is 0.0635. The number of carbonyl (C=O) groups is 2. The Morgan fingerprint density at radius 3 is 2.06 bits per heavy atom. The molecule has 3 rings (SSSR count). The van der Waals surface area contributed by atoms with Crippen LogP contribution in [0.5, 0.6) is 0 Å². The Morgan fingerprint density at radius 2 is 1.46 bits per heavy atom. The molecule has 0 aromatic heterocycles. The first kappa shape index (κ1) is 25.7. The summed E-state index contributed by atoms with van der Waals surface area (Å²) in [6.45, 7) is 6.92. The second-order valence-electron chi connectivity index (χ2n) is 8.77. The zero-order valence-corrected chi connectivity index (χ0v) is 20.5. The van der Waals surface area contributed by atoms with E-state index in [1.54, 1.807) is 45.0 Å². The van der Waals surface area contributed by atoms with Gasteiger partial charge in [-0.2, -0.15) is 0 Å². The number of hydrogen-bond donors (Lipinski definition) is 3. The van der Waals surface area contributed by atoms with Gasteiger partial charge in [-0.25, -0.2) is 17.6 Å². The molecule has 0 saturated carbocycles. The summed E-state index contributed by atoms with van der Waals surface area (Å²) >= 11 is 0. The van der Waals surface area contributed by atoms with E-state index in [1.165, 1.54) is 36.4 Å². The van der Waals surface area contributed by atoms with Crippen molar-refractivity contribution in [3.05, 3.63) is 83.7 Å². The lowest BCUT2D eigenvalue weighted by atomic mass is 10.2. The minimum absolute atomic E-state index is 0.0137. The van der Waals surface area contributed by atoms with Crippen LogP contribution in [0.2, 0.25) is 0 Å². The molecule has 0 spiro atoms. The van der Waals surface area contributed by atoms with E-state index in [4.69, 9.17) is 4.74 Å². The van der Waals surface area contributed by atoms with Gasteiger partial charge in [0.2, 0.25) is 0 Å². The summed E-state index contributed by atoms with van der Waals surface area (Å²) in [5.41, 5.74) is 0.898. The van der Waals surface area contributed by atoms with Crippen molar-refractivity contribution in [3.63, 3.8) is 0 Å². The van der Waals surface area contributed by atoms with Gasteiger partial charge in [0.05, 0.1) is 10.6 Å². The van der Waals surface area contributed by atoms with Crippen LogP contribution in [0.4, 0.5) is 26.2 Å². The van der Waals surface area contributed by atoms with Crippen LogP contribution in [0.1, 0.15) is 36.7 Å². The number of aryl methyl sites for hydroxylation is 1. The largest absolute Gasteiger partial charge is 0.444 e. The van der Waals surface area contributed by atoms with Gasteiger partial charge in [-0.3, -0.25) is 14.8 Å². The molecule has 0 aliphatic heterocycles. The highest BCUT2D eigenvalue weighted by molar-refractivity contribution is 7.92. The average molecular weight is 500 g/mol. The van der Waals surface area contributed by atoms with Crippen molar-refractivity contribution in [2.75, 3.05) is 15.4 Å². The van der Waals surface area contributed by atoms with E-state index in [9.17, 15) is 22.4 Å². The summed E-state index contributed by atoms with van der Waals surface area (Å²) in [6, 6.07) is 15.9. The van der Waals surface area contributed by atoms with Crippen LogP contribution < -0.4 is 15.4 Å². The van der Waals surface area contributed by atoms with Crippen LogP contribution in [0.25, 0.3) is 0 Å². The Hall–Kier alpha value is -3.92. The Bertz CT molecular complexity index is 1330. The molecular weight excluding hydrogens is 473 g/mol. The quantitative estimate of drug-likeness (QED) is 0.412. The number of anilines is 3. The first-order valence-electron chi connectivity index (χ1n) is 10.6. The number of nitrogens with one attached hydrogen (secondary N) is 3. The summed E-state index contributed by atoms with van der Waals surface area (Å²) in [4.78, 5) is 24.5. The predicted octanol–water partition coefficient (Wildman–Crippen LogP) is 5.53. The van der Waals surface area contributed by atoms with Crippen LogP contribution in [0, 0.1) is 12.7 Å². The Morgan fingerprint density at radius 1 is 0.857 bits per heavy atom. The van der Waals surface area contributed by atoms with Crippen LogP contribution in [-0.2, 0) is 14.8 Å². The molecule has 2 amide bonds. The third kappa shape index (κ3) is 7.28. The molecule has 3 aromatic rings. The SMILES string of the molecule is Cc1ccc(NS(=O)(=O)c2ccc(C(=O)Nc3ccc(F)c(NC(=O)OC(C)(C)C)c3)cc2)cc1. The zero-order valence-electron chi connectivity index (χ0n) is 19.7. The van der Waals surface area contributed by atoms with E-state index in [0.717, 1.165) is 11.6 Å². The maximum atomic E-state index is 14.1. The van der Waals surface area contributed by atoms with E-state index in [2.05, 4.69) is 15.4 Å². The molecule has 0 unspecified atom stereocenters. The van der Waals surface area contributed by atoms with Gasteiger partial charge >= 0.3 is 6.09 Å². The van der Waals surface area contributed by atoms with E-state index >= 15 is 0 Å². The smallest absolute Gasteiger partial charge is 0.412 e. The topological polar surface area (TPSA) is 114 Å². The molecule has 0 fully saturated rings. The number of rotatable bonds is 6. The van der Waals surface area contributed by atoms with E-state index in [1.807, 2.05) is 6.92 Å². The Kier molecular flexibility index (Phi) is 7.45. The first-order valence-corrected chi connectivity index (χ1v) is 12.1. The standard InChI is InChI=1S/C25H26FN3O5S/c1-16-5-9-18(10-6-16)29-35(32,33)20-12-7-17(8-13-20)23(30)27-19-11-14-21(26)22(15-19)28-24(31)34-25(2,3)4/h5-15,29H,1-4H3,(H,27,30)(H,28,31). The number of ether oxygens (including phenoxy) is 1. The molecule has 184 valence electrons. The fourth-order valence-electron chi connectivity index (χ4n) is 2.94. The summed E-state index contributed by atoms with van der Waals surface area (Å²) < 4.78 is 46.9. The van der Waals surface area contributed by atoms with Gasteiger partial charge in [-0.05, 0) is 82.3 Å². The first-order chi connectivity index (χ1) is 16.3. The second-order valence-corrected chi connectivity index (χ2v) is 10.5. The Balaban J connectivity index is 1.69. The van der Waals surface area contributed by atoms with Crippen LogP contribution >= 0.6 is 0 Å². The van der Waals surface area contributed by atoms with Gasteiger partial charge in [0.1, 0.15) is 11.4 Å². The number of benzene rings is 3. The van der Waals surface area contributed by atoms with Gasteiger partial charge in [0.25, 0.3) is 15.9 Å². The van der Waals surface area contributed by atoms with Crippen molar-refractivity contribution < 1.29 is 27.1 Å². The third-order valence-electron chi connectivity index (χ3n) is 4.59. The number of amides is 2. The molecule has 35 heavy (non-hydrogen) atoms. The van der Waals surface area contributed by atoms with Crippen molar-refractivity contribution in [2.24, 2.45) is 0 Å². The van der Waals surface area contributed by atoms with Gasteiger partial charge in [-0.15, -0.1) is 0 Å². The molecule has 3 aromatic carbocycles. The molecule has 0 saturated heterocycles. The minimum atomic E-state index is -3.84. The lowest BCUT2D eigenvalue weighted by Gasteiger charge is -2.20. The predicted molar refractivity (Wildman–Crippen MR) is 133 cm³/mol. The average Bonchev–Trinajstić information content (AvgIpc) is 2.76. The maximum Gasteiger partial charge on any atom is 0.412 e. The number of carbonyl (C=O) groups excluding carboxylic acids is 2. The van der Waals surface area contributed by atoms with Gasteiger partial charge < -0.3 is 10.1 Å². The molecule has 3 N–H and O–H groups in total. The number of sulfonamides is 1. The highest BCUT2D eigenvalue weighted by atomic mass is 32.2. The number of halogens is 1. The van der Waals surface area contributed by atoms with Gasteiger partial charge in [0.15, 0.2) is 0 Å². The van der Waals surface area contributed by atoms with Gasteiger partial charge in [0, 0.05) is 16.9 Å². The summed E-state index contributed by atoms with van der Waals surface area (Å²) in [5.74, 6) is -1.25. The summed E-state index contributed by atoms with van der Waals surface area (Å²) in [7, 11) is -3.84. The van der Waals surface area contributed by atoms with Crippen LogP contribution in [-0.4, -0.2) is 26.0 Å².